The third kappa shape index (κ3) is 2.71. The van der Waals surface area contributed by atoms with E-state index in [1.54, 1.807) is 0 Å². The van der Waals surface area contributed by atoms with Crippen molar-refractivity contribution in [1.82, 2.24) is 4.90 Å². The molecule has 1 saturated heterocycles. The quantitative estimate of drug-likeness (QED) is 0.744. The summed E-state index contributed by atoms with van der Waals surface area (Å²) in [6, 6.07) is -0.284. The zero-order valence-corrected chi connectivity index (χ0v) is 9.33. The maximum atomic E-state index is 11.7. The van der Waals surface area contributed by atoms with Crippen LogP contribution in [0.1, 0.15) is 39.5 Å². The second kappa shape index (κ2) is 5.35. The summed E-state index contributed by atoms with van der Waals surface area (Å²) >= 11 is 0. The van der Waals surface area contributed by atoms with Gasteiger partial charge in [-0.2, -0.15) is 0 Å². The lowest BCUT2D eigenvalue weighted by Crippen LogP contribution is -2.46. The third-order valence-electron chi connectivity index (χ3n) is 3.26. The van der Waals surface area contributed by atoms with Gasteiger partial charge in [0, 0.05) is 13.1 Å². The van der Waals surface area contributed by atoms with E-state index >= 15 is 0 Å². The molecule has 0 radical (unpaired) electrons. The average molecular weight is 198 g/mol. The number of hydrogen-bond acceptors (Lipinski definition) is 2. The summed E-state index contributed by atoms with van der Waals surface area (Å²) in [6.45, 7) is 6.00. The smallest absolute Gasteiger partial charge is 0.239 e. The largest absolute Gasteiger partial charge is 0.341 e. The number of nitrogens with zero attached hydrogens (tertiary/aromatic N) is 1. The van der Waals surface area contributed by atoms with E-state index < -0.39 is 0 Å². The number of likely N-dealkylation sites (tertiary alicyclic amines) is 1. The van der Waals surface area contributed by atoms with Gasteiger partial charge in [-0.15, -0.1) is 0 Å². The topological polar surface area (TPSA) is 46.3 Å². The van der Waals surface area contributed by atoms with Gasteiger partial charge in [-0.05, 0) is 25.2 Å². The first-order chi connectivity index (χ1) is 6.69. The summed E-state index contributed by atoms with van der Waals surface area (Å²) in [7, 11) is 0. The predicted octanol–water partition coefficient (Wildman–Crippen LogP) is 1.37. The van der Waals surface area contributed by atoms with Crippen LogP contribution in [-0.2, 0) is 4.79 Å². The third-order valence-corrected chi connectivity index (χ3v) is 3.26. The van der Waals surface area contributed by atoms with Gasteiger partial charge in [0.1, 0.15) is 0 Å². The number of carbonyl (C=O) groups is 1. The van der Waals surface area contributed by atoms with Gasteiger partial charge < -0.3 is 10.6 Å². The predicted molar refractivity (Wildman–Crippen MR) is 57.9 cm³/mol. The molecule has 2 N–H and O–H groups in total. The molecule has 1 rings (SSSR count). The highest BCUT2D eigenvalue weighted by Crippen LogP contribution is 2.20. The van der Waals surface area contributed by atoms with Crippen LogP contribution in [0.5, 0.6) is 0 Å². The minimum atomic E-state index is -0.284. The molecule has 0 aliphatic carbocycles. The Hall–Kier alpha value is -0.570. The Morgan fingerprint density at radius 1 is 1.43 bits per heavy atom. The van der Waals surface area contributed by atoms with Gasteiger partial charge in [0.2, 0.25) is 5.91 Å². The van der Waals surface area contributed by atoms with Crippen molar-refractivity contribution in [2.45, 2.75) is 45.6 Å². The molecule has 1 aliphatic rings. The fraction of sp³-hybridized carbons (Fsp3) is 0.909. The van der Waals surface area contributed by atoms with E-state index in [4.69, 9.17) is 5.73 Å². The van der Waals surface area contributed by atoms with Gasteiger partial charge in [-0.3, -0.25) is 4.79 Å². The van der Waals surface area contributed by atoms with Crippen LogP contribution in [0.3, 0.4) is 0 Å². The highest BCUT2D eigenvalue weighted by molar-refractivity contribution is 5.81. The van der Waals surface area contributed by atoms with Crippen molar-refractivity contribution in [1.29, 1.82) is 0 Å². The number of amides is 1. The van der Waals surface area contributed by atoms with Gasteiger partial charge in [0.05, 0.1) is 6.04 Å². The summed E-state index contributed by atoms with van der Waals surface area (Å²) in [4.78, 5) is 13.7. The molecule has 3 nitrogen and oxygen atoms in total. The lowest BCUT2D eigenvalue weighted by molar-refractivity contribution is -0.134. The van der Waals surface area contributed by atoms with Crippen molar-refractivity contribution in [2.24, 2.45) is 11.7 Å². The molecule has 0 unspecified atom stereocenters. The molecule has 82 valence electrons. The van der Waals surface area contributed by atoms with E-state index in [9.17, 15) is 4.79 Å². The first-order valence-corrected chi connectivity index (χ1v) is 5.73. The maximum Gasteiger partial charge on any atom is 0.239 e. The SMILES string of the molecule is CCC1CCN(C(=O)[C@@H](N)CC)CC1. The number of hydrogen-bond donors (Lipinski definition) is 1. The van der Waals surface area contributed by atoms with Crippen LogP contribution < -0.4 is 5.73 Å². The monoisotopic (exact) mass is 198 g/mol. The van der Waals surface area contributed by atoms with Gasteiger partial charge >= 0.3 is 0 Å². The molecule has 1 aliphatic heterocycles. The van der Waals surface area contributed by atoms with E-state index in [-0.39, 0.29) is 11.9 Å². The Labute approximate surface area is 86.6 Å². The fourth-order valence-electron chi connectivity index (χ4n) is 1.97. The molecule has 0 saturated carbocycles. The van der Waals surface area contributed by atoms with Gasteiger partial charge in [-0.25, -0.2) is 0 Å². The van der Waals surface area contributed by atoms with Crippen LogP contribution >= 0.6 is 0 Å². The van der Waals surface area contributed by atoms with Crippen molar-refractivity contribution in [3.63, 3.8) is 0 Å². The van der Waals surface area contributed by atoms with Crippen molar-refractivity contribution >= 4 is 5.91 Å². The van der Waals surface area contributed by atoms with Gasteiger partial charge in [0.15, 0.2) is 0 Å². The molecular weight excluding hydrogens is 176 g/mol. The fourth-order valence-corrected chi connectivity index (χ4v) is 1.97. The molecule has 0 aromatic rings. The molecule has 0 aromatic heterocycles. The standard InChI is InChI=1S/C11H22N2O/c1-3-9-5-7-13(8-6-9)11(14)10(12)4-2/h9-10H,3-8,12H2,1-2H3/t10-/m0/s1. The molecule has 0 aromatic carbocycles. The maximum absolute atomic E-state index is 11.7. The van der Waals surface area contributed by atoms with Gasteiger partial charge in [0.25, 0.3) is 0 Å². The minimum Gasteiger partial charge on any atom is -0.341 e. The van der Waals surface area contributed by atoms with Crippen LogP contribution in [0.25, 0.3) is 0 Å². The Morgan fingerprint density at radius 2 is 2.00 bits per heavy atom. The van der Waals surface area contributed by atoms with Crippen molar-refractivity contribution in [3.8, 4) is 0 Å². The normalized spacial score (nSPS) is 20.9. The van der Waals surface area contributed by atoms with Crippen LogP contribution in [0, 0.1) is 5.92 Å². The first kappa shape index (κ1) is 11.5. The zero-order chi connectivity index (χ0) is 10.6. The average Bonchev–Trinajstić information content (AvgIpc) is 2.27. The molecule has 1 amide bonds. The number of piperidine rings is 1. The van der Waals surface area contributed by atoms with E-state index in [1.165, 1.54) is 6.42 Å². The van der Waals surface area contributed by atoms with Crippen LogP contribution in [0.2, 0.25) is 0 Å². The molecule has 0 spiro atoms. The molecule has 14 heavy (non-hydrogen) atoms. The van der Waals surface area contributed by atoms with Gasteiger partial charge in [-0.1, -0.05) is 20.3 Å². The molecular formula is C11H22N2O. The highest BCUT2D eigenvalue weighted by Gasteiger charge is 2.24. The summed E-state index contributed by atoms with van der Waals surface area (Å²) in [5, 5.41) is 0. The van der Waals surface area contributed by atoms with E-state index in [1.807, 2.05) is 11.8 Å². The van der Waals surface area contributed by atoms with Crippen molar-refractivity contribution in [3.05, 3.63) is 0 Å². The Balaban J connectivity index is 2.37. The zero-order valence-electron chi connectivity index (χ0n) is 9.33. The van der Waals surface area contributed by atoms with Crippen LogP contribution in [-0.4, -0.2) is 29.9 Å². The molecule has 1 atom stereocenters. The Kier molecular flexibility index (Phi) is 4.39. The number of rotatable bonds is 3. The van der Waals surface area contributed by atoms with Crippen molar-refractivity contribution in [2.75, 3.05) is 13.1 Å². The van der Waals surface area contributed by atoms with Crippen LogP contribution in [0.15, 0.2) is 0 Å². The van der Waals surface area contributed by atoms with E-state index in [0.717, 1.165) is 38.3 Å². The molecule has 1 fully saturated rings. The summed E-state index contributed by atoms with van der Waals surface area (Å²) in [6.07, 6.45) is 4.28. The summed E-state index contributed by atoms with van der Waals surface area (Å²) in [5.74, 6) is 0.957. The van der Waals surface area contributed by atoms with Crippen molar-refractivity contribution < 1.29 is 4.79 Å². The summed E-state index contributed by atoms with van der Waals surface area (Å²) < 4.78 is 0. The molecule has 0 bridgehead atoms. The Bertz CT molecular complexity index is 186. The van der Waals surface area contributed by atoms with Crippen LogP contribution in [0.4, 0.5) is 0 Å². The van der Waals surface area contributed by atoms with E-state index in [2.05, 4.69) is 6.92 Å². The Morgan fingerprint density at radius 3 is 2.43 bits per heavy atom. The lowest BCUT2D eigenvalue weighted by Gasteiger charge is -2.32. The number of carbonyl (C=O) groups excluding carboxylic acids is 1. The second-order valence-corrected chi connectivity index (χ2v) is 4.19. The highest BCUT2D eigenvalue weighted by atomic mass is 16.2. The van der Waals surface area contributed by atoms with E-state index in [0.29, 0.717) is 0 Å². The number of nitrogens with two attached hydrogens (primary N) is 1. The summed E-state index contributed by atoms with van der Waals surface area (Å²) in [5.41, 5.74) is 5.72. The first-order valence-electron chi connectivity index (χ1n) is 5.73. The molecule has 1 heterocycles. The second-order valence-electron chi connectivity index (χ2n) is 4.19. The molecule has 3 heteroatoms. The minimum absolute atomic E-state index is 0.141. The lowest BCUT2D eigenvalue weighted by atomic mass is 9.94.